The number of hydrogen-bond donors (Lipinski definition) is 0. The zero-order chi connectivity index (χ0) is 21.6. The second-order valence-corrected chi connectivity index (χ2v) is 9.01. The number of rotatable bonds is 5. The SMILES string of the molecule is CCN(CC)CCN1c2ccccc2C(C)(C)C12C=Nc1c(ccc3ccccc13)O2. The summed E-state index contributed by atoms with van der Waals surface area (Å²) in [5.41, 5.74) is 2.58. The minimum Gasteiger partial charge on any atom is -0.459 e. The van der Waals surface area contributed by atoms with E-state index in [1.807, 2.05) is 0 Å². The van der Waals surface area contributed by atoms with Crippen molar-refractivity contribution < 1.29 is 4.74 Å². The smallest absolute Gasteiger partial charge is 0.228 e. The predicted molar refractivity (Wildman–Crippen MR) is 130 cm³/mol. The Morgan fingerprint density at radius 2 is 1.68 bits per heavy atom. The number of para-hydroxylation sites is 1. The zero-order valence-corrected chi connectivity index (χ0v) is 18.9. The van der Waals surface area contributed by atoms with Crippen molar-refractivity contribution in [2.24, 2.45) is 4.99 Å². The molecule has 0 bridgehead atoms. The molecule has 0 aromatic heterocycles. The molecule has 2 aliphatic rings. The van der Waals surface area contributed by atoms with Crippen LogP contribution in [0, 0.1) is 0 Å². The molecular formula is C27H31N3O. The number of likely N-dealkylation sites (N-methyl/N-ethyl adjacent to an activating group) is 1. The van der Waals surface area contributed by atoms with Crippen molar-refractivity contribution in [2.45, 2.75) is 38.8 Å². The van der Waals surface area contributed by atoms with E-state index in [2.05, 4.69) is 104 Å². The number of anilines is 1. The standard InChI is InChI=1S/C27H31N3O/c1-5-29(6-2)17-18-30-23-14-10-9-13-22(23)26(3,4)27(30)19-28-25-21-12-8-7-11-20(21)15-16-24(25)31-27/h7-16,19H,5-6,17-18H2,1-4H3. The lowest BCUT2D eigenvalue weighted by molar-refractivity contribution is 0.0758. The second kappa shape index (κ2) is 7.38. The van der Waals surface area contributed by atoms with Crippen LogP contribution in [0.2, 0.25) is 0 Å². The molecule has 4 nitrogen and oxygen atoms in total. The molecule has 0 saturated heterocycles. The topological polar surface area (TPSA) is 28.1 Å². The van der Waals surface area contributed by atoms with Gasteiger partial charge in [0.15, 0.2) is 0 Å². The number of ether oxygens (including phenoxy) is 1. The molecule has 0 aliphatic carbocycles. The highest BCUT2D eigenvalue weighted by atomic mass is 16.5. The highest BCUT2D eigenvalue weighted by Crippen LogP contribution is 2.54. The lowest BCUT2D eigenvalue weighted by atomic mass is 9.77. The molecule has 0 N–H and O–H groups in total. The maximum absolute atomic E-state index is 6.96. The molecule has 4 heteroatoms. The third-order valence-electron chi connectivity index (χ3n) is 7.20. The van der Waals surface area contributed by atoms with Crippen molar-refractivity contribution in [3.05, 3.63) is 66.2 Å². The van der Waals surface area contributed by atoms with Crippen molar-refractivity contribution in [2.75, 3.05) is 31.1 Å². The molecule has 0 radical (unpaired) electrons. The normalized spacial score (nSPS) is 20.9. The molecule has 3 aromatic rings. The number of aliphatic imine (C=N–C) groups is 1. The monoisotopic (exact) mass is 413 g/mol. The van der Waals surface area contributed by atoms with E-state index >= 15 is 0 Å². The molecule has 0 amide bonds. The zero-order valence-electron chi connectivity index (χ0n) is 18.9. The molecule has 2 heterocycles. The lowest BCUT2D eigenvalue weighted by Crippen LogP contribution is -2.63. The largest absolute Gasteiger partial charge is 0.459 e. The first kappa shape index (κ1) is 20.1. The van der Waals surface area contributed by atoms with Crippen LogP contribution >= 0.6 is 0 Å². The van der Waals surface area contributed by atoms with Crippen molar-refractivity contribution in [1.82, 2.24) is 4.90 Å². The Hall–Kier alpha value is -2.85. The van der Waals surface area contributed by atoms with Gasteiger partial charge in [0.25, 0.3) is 0 Å². The van der Waals surface area contributed by atoms with Crippen LogP contribution in [0.3, 0.4) is 0 Å². The van der Waals surface area contributed by atoms with E-state index < -0.39 is 5.72 Å². The number of fused-ring (bicyclic) bond motifs is 4. The van der Waals surface area contributed by atoms with Crippen LogP contribution in [-0.2, 0) is 5.41 Å². The van der Waals surface area contributed by atoms with Crippen LogP contribution in [0.5, 0.6) is 5.75 Å². The van der Waals surface area contributed by atoms with Crippen molar-refractivity contribution in [3.63, 3.8) is 0 Å². The Kier molecular flexibility index (Phi) is 4.78. The van der Waals surface area contributed by atoms with Crippen molar-refractivity contribution >= 4 is 28.4 Å². The van der Waals surface area contributed by atoms with E-state index in [1.54, 1.807) is 0 Å². The summed E-state index contributed by atoms with van der Waals surface area (Å²) in [6, 6.07) is 21.3. The Morgan fingerprint density at radius 3 is 2.48 bits per heavy atom. The van der Waals surface area contributed by atoms with Crippen molar-refractivity contribution in [1.29, 1.82) is 0 Å². The lowest BCUT2D eigenvalue weighted by Gasteiger charge is -2.46. The Morgan fingerprint density at radius 1 is 0.935 bits per heavy atom. The first-order valence-electron chi connectivity index (χ1n) is 11.4. The average Bonchev–Trinajstić information content (AvgIpc) is 2.98. The summed E-state index contributed by atoms with van der Waals surface area (Å²) >= 11 is 0. The summed E-state index contributed by atoms with van der Waals surface area (Å²) < 4.78 is 6.96. The second-order valence-electron chi connectivity index (χ2n) is 9.01. The van der Waals surface area contributed by atoms with Gasteiger partial charge in [-0.1, -0.05) is 62.4 Å². The Balaban J connectivity index is 1.62. The molecule has 1 spiro atoms. The van der Waals surface area contributed by atoms with Gasteiger partial charge in [-0.2, -0.15) is 0 Å². The highest BCUT2D eigenvalue weighted by molar-refractivity contribution is 5.99. The predicted octanol–water partition coefficient (Wildman–Crippen LogP) is 5.77. The number of hydrogen-bond acceptors (Lipinski definition) is 4. The van der Waals surface area contributed by atoms with Gasteiger partial charge in [0.2, 0.25) is 5.72 Å². The van der Waals surface area contributed by atoms with Crippen LogP contribution in [0.1, 0.15) is 33.3 Å². The Bertz CT molecular complexity index is 1150. The van der Waals surface area contributed by atoms with E-state index in [9.17, 15) is 0 Å². The van der Waals surface area contributed by atoms with Crippen LogP contribution in [0.25, 0.3) is 10.8 Å². The molecule has 0 fully saturated rings. The summed E-state index contributed by atoms with van der Waals surface area (Å²) in [5, 5.41) is 2.32. The molecule has 0 saturated carbocycles. The van der Waals surface area contributed by atoms with Gasteiger partial charge >= 0.3 is 0 Å². The number of nitrogens with zero attached hydrogens (tertiary/aromatic N) is 3. The van der Waals surface area contributed by atoms with Crippen molar-refractivity contribution in [3.8, 4) is 5.75 Å². The fourth-order valence-electron chi connectivity index (χ4n) is 5.23. The molecule has 1 unspecified atom stereocenters. The van der Waals surface area contributed by atoms with Crippen LogP contribution in [-0.4, -0.2) is 43.0 Å². The van der Waals surface area contributed by atoms with Gasteiger partial charge in [0.05, 0.1) is 11.6 Å². The van der Waals surface area contributed by atoms with Crippen LogP contribution in [0.4, 0.5) is 11.4 Å². The molecule has 5 rings (SSSR count). The summed E-state index contributed by atoms with van der Waals surface area (Å²) in [7, 11) is 0. The fourth-order valence-corrected chi connectivity index (χ4v) is 5.23. The summed E-state index contributed by atoms with van der Waals surface area (Å²) in [4.78, 5) is 9.94. The maximum atomic E-state index is 6.96. The van der Waals surface area contributed by atoms with Crippen LogP contribution in [0.15, 0.2) is 65.7 Å². The fraction of sp³-hybridized carbons (Fsp3) is 0.370. The minimum absolute atomic E-state index is 0.250. The van der Waals surface area contributed by atoms with Gasteiger partial charge < -0.3 is 14.5 Å². The molecular weight excluding hydrogens is 382 g/mol. The maximum Gasteiger partial charge on any atom is 0.228 e. The molecule has 2 aliphatic heterocycles. The number of benzene rings is 3. The van der Waals surface area contributed by atoms with Gasteiger partial charge in [0.1, 0.15) is 11.4 Å². The molecule has 160 valence electrons. The molecule has 3 aromatic carbocycles. The van der Waals surface area contributed by atoms with Gasteiger partial charge in [-0.05, 0) is 50.0 Å². The van der Waals surface area contributed by atoms with Gasteiger partial charge in [-0.25, -0.2) is 0 Å². The Labute approximate surface area is 185 Å². The molecule has 31 heavy (non-hydrogen) atoms. The first-order valence-corrected chi connectivity index (χ1v) is 11.4. The third-order valence-corrected chi connectivity index (χ3v) is 7.20. The van der Waals surface area contributed by atoms with Gasteiger partial charge in [0, 0.05) is 24.2 Å². The quantitative estimate of drug-likeness (QED) is 0.531. The van der Waals surface area contributed by atoms with E-state index in [0.717, 1.165) is 43.0 Å². The first-order chi connectivity index (χ1) is 15.0. The average molecular weight is 414 g/mol. The third kappa shape index (κ3) is 2.89. The van der Waals surface area contributed by atoms with E-state index in [1.165, 1.54) is 16.6 Å². The van der Waals surface area contributed by atoms with Gasteiger partial charge in [-0.15, -0.1) is 0 Å². The minimum atomic E-state index is -0.653. The van der Waals surface area contributed by atoms with E-state index in [0.29, 0.717) is 0 Å². The summed E-state index contributed by atoms with van der Waals surface area (Å²) in [6.45, 7) is 13.0. The van der Waals surface area contributed by atoms with Crippen LogP contribution < -0.4 is 9.64 Å². The van der Waals surface area contributed by atoms with E-state index in [4.69, 9.17) is 9.73 Å². The summed E-state index contributed by atoms with van der Waals surface area (Å²) in [6.07, 6.45) is 2.06. The summed E-state index contributed by atoms with van der Waals surface area (Å²) in [5.74, 6) is 0.856. The highest BCUT2D eigenvalue weighted by Gasteiger charge is 2.59. The van der Waals surface area contributed by atoms with E-state index in [-0.39, 0.29) is 5.41 Å². The van der Waals surface area contributed by atoms with Gasteiger partial charge in [-0.3, -0.25) is 4.99 Å². The molecule has 1 atom stereocenters.